The Bertz CT molecular complexity index is 724. The molecule has 0 radical (unpaired) electrons. The number of hydrogen-bond acceptors (Lipinski definition) is 4. The van der Waals surface area contributed by atoms with Crippen molar-refractivity contribution in [3.63, 3.8) is 0 Å². The minimum atomic E-state index is -0.105. The smallest absolute Gasteiger partial charge is 0.257 e. The molecule has 3 fully saturated rings. The number of carbonyl (C=O) groups is 2. The van der Waals surface area contributed by atoms with Gasteiger partial charge in [0.1, 0.15) is 5.75 Å². The molecule has 1 saturated carbocycles. The predicted octanol–water partition coefficient (Wildman–Crippen LogP) is 3.78. The number of rotatable bonds is 3. The molecular weight excluding hydrogens is 372 g/mol. The van der Waals surface area contributed by atoms with E-state index < -0.39 is 0 Å². The topological polar surface area (TPSA) is 49.9 Å². The first-order valence-electron chi connectivity index (χ1n) is 10.5. The Morgan fingerprint density at radius 3 is 2.50 bits per heavy atom. The quantitative estimate of drug-likeness (QED) is 0.772. The highest BCUT2D eigenvalue weighted by Crippen LogP contribution is 2.45. The molecule has 1 aliphatic carbocycles. The van der Waals surface area contributed by atoms with E-state index in [1.807, 2.05) is 40.9 Å². The molecule has 152 valence electrons. The zero-order valence-electron chi connectivity index (χ0n) is 16.7. The van der Waals surface area contributed by atoms with Gasteiger partial charge in [0, 0.05) is 31.3 Å². The van der Waals surface area contributed by atoms with Crippen LogP contribution < -0.4 is 4.74 Å². The van der Waals surface area contributed by atoms with E-state index in [2.05, 4.69) is 4.90 Å². The Kier molecular flexibility index (Phi) is 5.85. The average Bonchev–Trinajstić information content (AvgIpc) is 3.16. The second kappa shape index (κ2) is 8.36. The van der Waals surface area contributed by atoms with E-state index in [0.717, 1.165) is 38.0 Å². The summed E-state index contributed by atoms with van der Waals surface area (Å²) in [6.45, 7) is 2.25. The van der Waals surface area contributed by atoms with Gasteiger partial charge in [0.25, 0.3) is 5.91 Å². The van der Waals surface area contributed by atoms with Gasteiger partial charge >= 0.3 is 0 Å². The van der Waals surface area contributed by atoms with Gasteiger partial charge in [-0.2, -0.15) is 0 Å². The average molecular weight is 403 g/mol. The van der Waals surface area contributed by atoms with Crippen LogP contribution in [0.15, 0.2) is 24.3 Å². The molecule has 0 bridgehead atoms. The van der Waals surface area contributed by atoms with Gasteiger partial charge in [-0.25, -0.2) is 0 Å². The number of ether oxygens (including phenoxy) is 1. The van der Waals surface area contributed by atoms with E-state index in [9.17, 15) is 9.59 Å². The lowest BCUT2D eigenvalue weighted by Crippen LogP contribution is -2.55. The van der Waals surface area contributed by atoms with Crippen molar-refractivity contribution in [3.8, 4) is 5.75 Å². The van der Waals surface area contributed by atoms with Gasteiger partial charge in [-0.05, 0) is 37.8 Å². The second-order valence-electron chi connectivity index (χ2n) is 8.11. The molecule has 0 unspecified atom stereocenters. The SMILES string of the molecule is COc1ccccc1C(=O)N1CCC2(CC1)SCCN2C(=O)C1CCCCC1. The molecule has 2 saturated heterocycles. The lowest BCUT2D eigenvalue weighted by molar-refractivity contribution is -0.140. The zero-order chi connectivity index (χ0) is 19.6. The van der Waals surface area contributed by atoms with Gasteiger partial charge in [-0.3, -0.25) is 9.59 Å². The maximum absolute atomic E-state index is 13.2. The Hall–Kier alpha value is -1.69. The minimum absolute atomic E-state index is 0.0282. The van der Waals surface area contributed by atoms with Crippen LogP contribution in [-0.4, -0.2) is 59.0 Å². The molecule has 4 rings (SSSR count). The molecule has 1 aromatic rings. The van der Waals surface area contributed by atoms with Crippen molar-refractivity contribution in [1.29, 1.82) is 0 Å². The van der Waals surface area contributed by atoms with Gasteiger partial charge in [0.05, 0.1) is 17.5 Å². The molecule has 6 heteroatoms. The van der Waals surface area contributed by atoms with E-state index in [1.54, 1.807) is 7.11 Å². The highest BCUT2D eigenvalue weighted by Gasteiger charge is 2.48. The first kappa shape index (κ1) is 19.6. The summed E-state index contributed by atoms with van der Waals surface area (Å²) < 4.78 is 5.36. The molecule has 5 nitrogen and oxygen atoms in total. The van der Waals surface area contributed by atoms with Crippen molar-refractivity contribution in [3.05, 3.63) is 29.8 Å². The molecule has 2 amide bonds. The van der Waals surface area contributed by atoms with Crippen LogP contribution in [0.5, 0.6) is 5.75 Å². The normalized spacial score (nSPS) is 22.5. The summed E-state index contributed by atoms with van der Waals surface area (Å²) in [5, 5.41) is 0. The molecule has 3 aliphatic rings. The number of hydrogen-bond donors (Lipinski definition) is 0. The molecule has 28 heavy (non-hydrogen) atoms. The molecule has 0 N–H and O–H groups in total. The number of nitrogens with zero attached hydrogens (tertiary/aromatic N) is 2. The fraction of sp³-hybridized carbons (Fsp3) is 0.636. The van der Waals surface area contributed by atoms with E-state index in [0.29, 0.717) is 30.3 Å². The standard InChI is InChI=1S/C22H30N2O3S/c1-27-19-10-6-5-9-18(19)21(26)23-13-11-22(12-14-23)24(15-16-28-22)20(25)17-7-3-2-4-8-17/h5-6,9-10,17H,2-4,7-8,11-16H2,1H3. The van der Waals surface area contributed by atoms with Gasteiger partial charge in [0.15, 0.2) is 0 Å². The summed E-state index contributed by atoms with van der Waals surface area (Å²) in [6.07, 6.45) is 7.46. The zero-order valence-corrected chi connectivity index (χ0v) is 17.5. The minimum Gasteiger partial charge on any atom is -0.496 e. The first-order chi connectivity index (χ1) is 13.6. The largest absolute Gasteiger partial charge is 0.496 e. The van der Waals surface area contributed by atoms with Crippen LogP contribution in [0.1, 0.15) is 55.3 Å². The number of amides is 2. The lowest BCUT2D eigenvalue weighted by Gasteiger charge is -2.45. The van der Waals surface area contributed by atoms with E-state index in [4.69, 9.17) is 4.74 Å². The molecule has 0 atom stereocenters. The first-order valence-corrected chi connectivity index (χ1v) is 11.5. The summed E-state index contributed by atoms with van der Waals surface area (Å²) >= 11 is 1.93. The monoisotopic (exact) mass is 402 g/mol. The summed E-state index contributed by atoms with van der Waals surface area (Å²) in [5.74, 6) is 2.25. The van der Waals surface area contributed by atoms with E-state index in [1.165, 1.54) is 19.3 Å². The Labute approximate surface area is 171 Å². The van der Waals surface area contributed by atoms with E-state index >= 15 is 0 Å². The van der Waals surface area contributed by atoms with Crippen molar-refractivity contribution in [2.24, 2.45) is 5.92 Å². The van der Waals surface area contributed by atoms with Crippen molar-refractivity contribution in [1.82, 2.24) is 9.80 Å². The van der Waals surface area contributed by atoms with Crippen molar-refractivity contribution < 1.29 is 14.3 Å². The molecular formula is C22H30N2O3S. The predicted molar refractivity (Wildman–Crippen MR) is 112 cm³/mol. The molecule has 1 spiro atoms. The number of carbonyl (C=O) groups excluding carboxylic acids is 2. The van der Waals surface area contributed by atoms with Crippen LogP contribution in [0.3, 0.4) is 0 Å². The summed E-state index contributed by atoms with van der Waals surface area (Å²) in [6, 6.07) is 7.41. The Morgan fingerprint density at radius 1 is 1.07 bits per heavy atom. The number of likely N-dealkylation sites (tertiary alicyclic amines) is 1. The maximum atomic E-state index is 13.2. The molecule has 2 aliphatic heterocycles. The molecule has 0 aromatic heterocycles. The number of methoxy groups -OCH3 is 1. The van der Waals surface area contributed by atoms with Crippen LogP contribution in [0.4, 0.5) is 0 Å². The number of piperidine rings is 1. The van der Waals surface area contributed by atoms with Crippen LogP contribution in [0, 0.1) is 5.92 Å². The van der Waals surface area contributed by atoms with Gasteiger partial charge < -0.3 is 14.5 Å². The fourth-order valence-corrected chi connectivity index (χ4v) is 6.42. The summed E-state index contributed by atoms with van der Waals surface area (Å²) in [7, 11) is 1.60. The maximum Gasteiger partial charge on any atom is 0.257 e. The van der Waals surface area contributed by atoms with E-state index in [-0.39, 0.29) is 16.7 Å². The number of benzene rings is 1. The van der Waals surface area contributed by atoms with Gasteiger partial charge in [-0.1, -0.05) is 31.4 Å². The second-order valence-corrected chi connectivity index (χ2v) is 9.57. The summed E-state index contributed by atoms with van der Waals surface area (Å²) in [5.41, 5.74) is 0.621. The third kappa shape index (κ3) is 3.63. The van der Waals surface area contributed by atoms with Gasteiger partial charge in [-0.15, -0.1) is 11.8 Å². The van der Waals surface area contributed by atoms with Crippen LogP contribution >= 0.6 is 11.8 Å². The van der Waals surface area contributed by atoms with Crippen LogP contribution in [0.2, 0.25) is 0 Å². The summed E-state index contributed by atoms with van der Waals surface area (Å²) in [4.78, 5) is 30.2. The molecule has 1 aromatic carbocycles. The van der Waals surface area contributed by atoms with Gasteiger partial charge in [0.2, 0.25) is 5.91 Å². The van der Waals surface area contributed by atoms with Crippen LogP contribution in [-0.2, 0) is 4.79 Å². The van der Waals surface area contributed by atoms with Crippen molar-refractivity contribution in [2.75, 3.05) is 32.5 Å². The van der Waals surface area contributed by atoms with Crippen molar-refractivity contribution in [2.45, 2.75) is 49.8 Å². The Balaban J connectivity index is 1.43. The van der Waals surface area contributed by atoms with Crippen molar-refractivity contribution >= 4 is 23.6 Å². The highest BCUT2D eigenvalue weighted by molar-refractivity contribution is 8.00. The number of para-hydroxylation sites is 1. The number of thioether (sulfide) groups is 1. The molecule has 2 heterocycles. The van der Waals surface area contributed by atoms with Crippen LogP contribution in [0.25, 0.3) is 0 Å². The third-order valence-corrected chi connectivity index (χ3v) is 8.12. The fourth-order valence-electron chi connectivity index (χ4n) is 4.95. The highest BCUT2D eigenvalue weighted by atomic mass is 32.2. The lowest BCUT2D eigenvalue weighted by atomic mass is 9.87. The third-order valence-electron chi connectivity index (χ3n) is 6.57. The Morgan fingerprint density at radius 2 is 1.79 bits per heavy atom.